The first-order chi connectivity index (χ1) is 11.5. The number of ether oxygens (including phenoxy) is 1. The summed E-state index contributed by atoms with van der Waals surface area (Å²) in [4.78, 5) is 27.0. The topological polar surface area (TPSA) is 51.5 Å². The van der Waals surface area contributed by atoms with Gasteiger partial charge in [-0.2, -0.15) is 0 Å². The van der Waals surface area contributed by atoms with Crippen LogP contribution in [0.4, 0.5) is 0 Å². The summed E-state index contributed by atoms with van der Waals surface area (Å²) < 4.78 is 7.44. The molecule has 1 amide bonds. The van der Waals surface area contributed by atoms with E-state index in [9.17, 15) is 9.59 Å². The third kappa shape index (κ3) is 3.07. The van der Waals surface area contributed by atoms with Gasteiger partial charge in [-0.3, -0.25) is 9.59 Å². The van der Waals surface area contributed by atoms with Gasteiger partial charge in [-0.1, -0.05) is 18.2 Å². The van der Waals surface area contributed by atoms with Gasteiger partial charge in [0, 0.05) is 25.7 Å². The highest BCUT2D eigenvalue weighted by atomic mass is 16.5. The summed E-state index contributed by atoms with van der Waals surface area (Å²) in [5, 5.41) is 0. The van der Waals surface area contributed by atoms with Crippen LogP contribution in [0.1, 0.15) is 28.0 Å². The molecular weight excluding hydrogens is 304 g/mol. The number of carbonyl (C=O) groups is 1. The molecule has 0 bridgehead atoms. The van der Waals surface area contributed by atoms with Gasteiger partial charge < -0.3 is 14.2 Å². The second-order valence-electron chi connectivity index (χ2n) is 6.30. The van der Waals surface area contributed by atoms with Crippen LogP contribution >= 0.6 is 0 Å². The molecule has 0 spiro atoms. The van der Waals surface area contributed by atoms with E-state index in [1.54, 1.807) is 11.9 Å². The number of carbonyl (C=O) groups excluding carboxylic acids is 1. The molecule has 0 aliphatic carbocycles. The summed E-state index contributed by atoms with van der Waals surface area (Å²) in [7, 11) is 1.69. The lowest BCUT2D eigenvalue weighted by Crippen LogP contribution is -2.37. The highest BCUT2D eigenvalue weighted by Gasteiger charge is 2.30. The van der Waals surface area contributed by atoms with E-state index in [1.807, 2.05) is 50.2 Å². The number of rotatable bonds is 3. The molecule has 24 heavy (non-hydrogen) atoms. The number of hydrogen-bond acceptors (Lipinski definition) is 3. The van der Waals surface area contributed by atoms with Crippen molar-refractivity contribution in [3.8, 4) is 5.75 Å². The fourth-order valence-electron chi connectivity index (χ4n) is 3.10. The van der Waals surface area contributed by atoms with Crippen LogP contribution in [-0.2, 0) is 7.05 Å². The summed E-state index contributed by atoms with van der Waals surface area (Å²) in [6, 6.07) is 11.5. The summed E-state index contributed by atoms with van der Waals surface area (Å²) in [5.41, 5.74) is 1.61. The first-order valence-corrected chi connectivity index (χ1v) is 8.15. The zero-order chi connectivity index (χ0) is 17.3. The van der Waals surface area contributed by atoms with E-state index >= 15 is 0 Å². The van der Waals surface area contributed by atoms with Crippen molar-refractivity contribution in [3.05, 3.63) is 63.6 Å². The Morgan fingerprint density at radius 3 is 2.62 bits per heavy atom. The minimum absolute atomic E-state index is 0.0362. The average molecular weight is 326 g/mol. The maximum atomic E-state index is 12.8. The quantitative estimate of drug-likeness (QED) is 0.869. The van der Waals surface area contributed by atoms with Crippen LogP contribution in [-0.4, -0.2) is 34.6 Å². The van der Waals surface area contributed by atoms with E-state index in [0.29, 0.717) is 13.1 Å². The zero-order valence-corrected chi connectivity index (χ0v) is 14.3. The zero-order valence-electron chi connectivity index (χ0n) is 14.3. The first-order valence-electron chi connectivity index (χ1n) is 8.15. The highest BCUT2D eigenvalue weighted by Crippen LogP contribution is 2.20. The monoisotopic (exact) mass is 326 g/mol. The van der Waals surface area contributed by atoms with Crippen LogP contribution in [0.3, 0.4) is 0 Å². The maximum Gasteiger partial charge on any atom is 0.263 e. The summed E-state index contributed by atoms with van der Waals surface area (Å²) in [5.74, 6) is 0.603. The molecule has 0 saturated carbocycles. The smallest absolute Gasteiger partial charge is 0.263 e. The normalized spacial score (nSPS) is 17.1. The van der Waals surface area contributed by atoms with E-state index < -0.39 is 0 Å². The molecule has 1 saturated heterocycles. The van der Waals surface area contributed by atoms with Crippen molar-refractivity contribution < 1.29 is 9.53 Å². The van der Waals surface area contributed by atoms with Gasteiger partial charge in [0.05, 0.1) is 6.54 Å². The Labute approximate surface area is 141 Å². The Bertz CT molecular complexity index is 811. The van der Waals surface area contributed by atoms with Crippen LogP contribution in [0.2, 0.25) is 0 Å². The lowest BCUT2D eigenvalue weighted by molar-refractivity contribution is 0.0769. The predicted octanol–water partition coefficient (Wildman–Crippen LogP) is 2.30. The van der Waals surface area contributed by atoms with Crippen molar-refractivity contribution in [1.82, 2.24) is 9.47 Å². The summed E-state index contributed by atoms with van der Waals surface area (Å²) >= 11 is 0. The lowest BCUT2D eigenvalue weighted by atomic mass is 10.1. The maximum absolute atomic E-state index is 12.8. The molecule has 1 fully saturated rings. The molecule has 2 aromatic rings. The Morgan fingerprint density at radius 1 is 1.21 bits per heavy atom. The minimum Gasteiger partial charge on any atom is -0.489 e. The van der Waals surface area contributed by atoms with E-state index in [0.717, 1.165) is 23.4 Å². The molecule has 1 aliphatic heterocycles. The Kier molecular flexibility index (Phi) is 4.42. The molecule has 1 unspecified atom stereocenters. The van der Waals surface area contributed by atoms with Crippen molar-refractivity contribution in [2.24, 2.45) is 7.05 Å². The fraction of sp³-hybridized carbons (Fsp3) is 0.368. The van der Waals surface area contributed by atoms with Crippen molar-refractivity contribution in [1.29, 1.82) is 0 Å². The van der Waals surface area contributed by atoms with E-state index in [2.05, 4.69) is 0 Å². The van der Waals surface area contributed by atoms with Crippen molar-refractivity contribution in [2.75, 3.05) is 13.1 Å². The Hall–Kier alpha value is -2.56. The van der Waals surface area contributed by atoms with E-state index in [4.69, 9.17) is 4.74 Å². The third-order valence-electron chi connectivity index (χ3n) is 4.56. The molecular formula is C19H22N2O3. The van der Waals surface area contributed by atoms with Gasteiger partial charge in [-0.25, -0.2) is 0 Å². The molecule has 0 radical (unpaired) electrons. The summed E-state index contributed by atoms with van der Waals surface area (Å²) in [6.45, 7) is 4.79. The Balaban J connectivity index is 1.76. The number of para-hydroxylation sites is 1. The molecule has 1 aliphatic rings. The molecule has 1 atom stereocenters. The number of nitrogens with zero attached hydrogens (tertiary/aromatic N) is 2. The lowest BCUT2D eigenvalue weighted by Gasteiger charge is -2.19. The number of amides is 1. The molecule has 5 heteroatoms. The van der Waals surface area contributed by atoms with E-state index in [-0.39, 0.29) is 23.1 Å². The van der Waals surface area contributed by atoms with Gasteiger partial charge in [0.15, 0.2) is 0 Å². The average Bonchev–Trinajstić information content (AvgIpc) is 3.02. The largest absolute Gasteiger partial charge is 0.489 e. The van der Waals surface area contributed by atoms with Gasteiger partial charge in [0.25, 0.3) is 11.5 Å². The Morgan fingerprint density at radius 2 is 1.92 bits per heavy atom. The third-order valence-corrected chi connectivity index (χ3v) is 4.56. The standard InChI is InChI=1S/C19H22N2O3/c1-13-11-14(2)20(3)18(22)17(13)19(23)21-10-9-16(12-21)24-15-7-5-4-6-8-15/h4-8,11,16H,9-10,12H2,1-3H3. The number of hydrogen-bond donors (Lipinski definition) is 0. The molecule has 2 heterocycles. The van der Waals surface area contributed by atoms with Crippen molar-refractivity contribution in [2.45, 2.75) is 26.4 Å². The molecule has 126 valence electrons. The van der Waals surface area contributed by atoms with Crippen LogP contribution in [0, 0.1) is 13.8 Å². The number of aromatic nitrogens is 1. The first kappa shape index (κ1) is 16.3. The van der Waals surface area contributed by atoms with Gasteiger partial charge in [-0.15, -0.1) is 0 Å². The molecule has 3 rings (SSSR count). The summed E-state index contributed by atoms with van der Waals surface area (Å²) in [6.07, 6.45) is 0.734. The van der Waals surface area contributed by atoms with Gasteiger partial charge in [0.1, 0.15) is 17.4 Å². The number of aryl methyl sites for hydroxylation is 2. The fourth-order valence-corrected chi connectivity index (χ4v) is 3.10. The second-order valence-corrected chi connectivity index (χ2v) is 6.30. The van der Waals surface area contributed by atoms with E-state index in [1.165, 1.54) is 4.57 Å². The van der Waals surface area contributed by atoms with Gasteiger partial charge in [0.2, 0.25) is 0 Å². The van der Waals surface area contributed by atoms with Gasteiger partial charge >= 0.3 is 0 Å². The van der Waals surface area contributed by atoms with Crippen LogP contribution in [0.25, 0.3) is 0 Å². The highest BCUT2D eigenvalue weighted by molar-refractivity contribution is 5.95. The van der Waals surface area contributed by atoms with Crippen LogP contribution in [0.5, 0.6) is 5.75 Å². The molecule has 5 nitrogen and oxygen atoms in total. The molecule has 1 aromatic carbocycles. The second kappa shape index (κ2) is 6.51. The number of likely N-dealkylation sites (tertiary alicyclic amines) is 1. The van der Waals surface area contributed by atoms with Crippen LogP contribution in [0.15, 0.2) is 41.2 Å². The molecule has 0 N–H and O–H groups in total. The van der Waals surface area contributed by atoms with Gasteiger partial charge in [-0.05, 0) is 37.6 Å². The number of pyridine rings is 1. The van der Waals surface area contributed by atoms with Crippen molar-refractivity contribution in [3.63, 3.8) is 0 Å². The minimum atomic E-state index is -0.232. The number of benzene rings is 1. The SMILES string of the molecule is Cc1cc(C)n(C)c(=O)c1C(=O)N1CCC(Oc2ccccc2)C1. The predicted molar refractivity (Wildman–Crippen MR) is 92.5 cm³/mol. The molecule has 1 aromatic heterocycles. The van der Waals surface area contributed by atoms with Crippen LogP contribution < -0.4 is 10.3 Å². The van der Waals surface area contributed by atoms with Crippen molar-refractivity contribution >= 4 is 5.91 Å².